The monoisotopic (exact) mass is 172 g/mol. The van der Waals surface area contributed by atoms with Crippen LogP contribution in [-0.2, 0) is 9.59 Å². The second-order valence-electron chi connectivity index (χ2n) is 3.05. The molecule has 0 aromatic heterocycles. The first-order chi connectivity index (χ1) is 5.52. The van der Waals surface area contributed by atoms with Crippen LogP contribution in [0, 0.1) is 5.92 Å². The number of carboxylic acid groups (broad SMARTS) is 1. The Labute approximate surface area is 70.1 Å². The zero-order valence-corrected chi connectivity index (χ0v) is 6.86. The van der Waals surface area contributed by atoms with Crippen molar-refractivity contribution in [3.63, 3.8) is 0 Å². The summed E-state index contributed by atoms with van der Waals surface area (Å²) in [5.41, 5.74) is 5.35. The quantitative estimate of drug-likeness (QED) is 0.552. The summed E-state index contributed by atoms with van der Waals surface area (Å²) >= 11 is 0. The Bertz CT molecular complexity index is 211. The van der Waals surface area contributed by atoms with E-state index in [1.165, 1.54) is 6.92 Å². The van der Waals surface area contributed by atoms with Crippen LogP contribution in [0.15, 0.2) is 0 Å². The van der Waals surface area contributed by atoms with Crippen molar-refractivity contribution >= 4 is 11.9 Å². The molecule has 0 saturated carbocycles. The lowest BCUT2D eigenvalue weighted by Crippen LogP contribution is -2.58. The molecule has 0 aromatic rings. The van der Waals surface area contributed by atoms with Crippen molar-refractivity contribution in [1.82, 2.24) is 4.90 Å². The summed E-state index contributed by atoms with van der Waals surface area (Å²) in [7, 11) is 0. The molecule has 5 heteroatoms. The molecule has 1 heterocycles. The number of carboxylic acids is 1. The van der Waals surface area contributed by atoms with Gasteiger partial charge in [-0.1, -0.05) is 0 Å². The third-order valence-corrected chi connectivity index (χ3v) is 2.15. The van der Waals surface area contributed by atoms with E-state index in [9.17, 15) is 9.59 Å². The first-order valence-electron chi connectivity index (χ1n) is 3.76. The van der Waals surface area contributed by atoms with Crippen LogP contribution in [0.25, 0.3) is 0 Å². The molecular formula is C7H12N2O3. The smallest absolute Gasteiger partial charge is 0.320 e. The molecule has 5 nitrogen and oxygen atoms in total. The molecule has 1 fully saturated rings. The molecule has 12 heavy (non-hydrogen) atoms. The molecule has 1 atom stereocenters. The van der Waals surface area contributed by atoms with E-state index in [0.29, 0.717) is 13.1 Å². The Balaban J connectivity index is 2.34. The number of hydrogen-bond donors (Lipinski definition) is 2. The fourth-order valence-corrected chi connectivity index (χ4v) is 1.20. The first-order valence-corrected chi connectivity index (χ1v) is 3.76. The molecule has 0 aliphatic carbocycles. The molecule has 1 saturated heterocycles. The summed E-state index contributed by atoms with van der Waals surface area (Å²) in [6.07, 6.45) is 0. The molecule has 0 radical (unpaired) electrons. The summed E-state index contributed by atoms with van der Waals surface area (Å²) in [6, 6.07) is -0.833. The average molecular weight is 172 g/mol. The highest BCUT2D eigenvalue weighted by Gasteiger charge is 2.36. The van der Waals surface area contributed by atoms with Gasteiger partial charge in [0, 0.05) is 25.9 Å². The van der Waals surface area contributed by atoms with Gasteiger partial charge in [0.05, 0.1) is 0 Å². The van der Waals surface area contributed by atoms with Gasteiger partial charge in [0.15, 0.2) is 0 Å². The van der Waals surface area contributed by atoms with Gasteiger partial charge in [-0.05, 0) is 0 Å². The molecule has 68 valence electrons. The van der Waals surface area contributed by atoms with Crippen molar-refractivity contribution < 1.29 is 14.7 Å². The number of nitrogens with two attached hydrogens (primary N) is 1. The van der Waals surface area contributed by atoms with Crippen molar-refractivity contribution in [2.75, 3.05) is 13.1 Å². The maximum absolute atomic E-state index is 10.7. The van der Waals surface area contributed by atoms with Gasteiger partial charge in [0.2, 0.25) is 5.91 Å². The second-order valence-corrected chi connectivity index (χ2v) is 3.05. The zero-order chi connectivity index (χ0) is 9.30. The second kappa shape index (κ2) is 3.10. The predicted octanol–water partition coefficient (Wildman–Crippen LogP) is -1.12. The zero-order valence-electron chi connectivity index (χ0n) is 6.86. The van der Waals surface area contributed by atoms with Gasteiger partial charge in [-0.2, -0.15) is 0 Å². The third kappa shape index (κ3) is 1.55. The van der Waals surface area contributed by atoms with Crippen molar-refractivity contribution in [3.8, 4) is 0 Å². The van der Waals surface area contributed by atoms with E-state index in [0.717, 1.165) is 0 Å². The predicted molar refractivity (Wildman–Crippen MR) is 41.4 cm³/mol. The van der Waals surface area contributed by atoms with Crippen molar-refractivity contribution in [1.29, 1.82) is 0 Å². The topological polar surface area (TPSA) is 83.6 Å². The standard InChI is InChI=1S/C7H12N2O3/c1-4(10)9-2-5(3-9)6(8)7(11)12/h5-6H,2-3,8H2,1H3,(H,11,12)/t6-/m1/s1. The van der Waals surface area contributed by atoms with Crippen LogP contribution in [0.2, 0.25) is 0 Å². The Kier molecular flexibility index (Phi) is 2.32. The normalized spacial score (nSPS) is 20.0. The highest BCUT2D eigenvalue weighted by atomic mass is 16.4. The molecule has 1 amide bonds. The molecule has 1 aliphatic heterocycles. The summed E-state index contributed by atoms with van der Waals surface area (Å²) in [6.45, 7) is 2.41. The highest BCUT2D eigenvalue weighted by molar-refractivity contribution is 5.76. The molecule has 1 rings (SSSR count). The van der Waals surface area contributed by atoms with Crippen LogP contribution in [0.3, 0.4) is 0 Å². The maximum atomic E-state index is 10.7. The van der Waals surface area contributed by atoms with E-state index >= 15 is 0 Å². The number of hydrogen-bond acceptors (Lipinski definition) is 3. The van der Waals surface area contributed by atoms with Crippen LogP contribution >= 0.6 is 0 Å². The summed E-state index contributed by atoms with van der Waals surface area (Å²) < 4.78 is 0. The van der Waals surface area contributed by atoms with Crippen LogP contribution < -0.4 is 5.73 Å². The van der Waals surface area contributed by atoms with Crippen LogP contribution in [0.5, 0.6) is 0 Å². The van der Waals surface area contributed by atoms with Crippen LogP contribution in [0.1, 0.15) is 6.92 Å². The first kappa shape index (κ1) is 8.99. The van der Waals surface area contributed by atoms with Gasteiger partial charge in [0.1, 0.15) is 6.04 Å². The van der Waals surface area contributed by atoms with E-state index in [1.807, 2.05) is 0 Å². The van der Waals surface area contributed by atoms with Gasteiger partial charge < -0.3 is 15.7 Å². The largest absolute Gasteiger partial charge is 0.480 e. The minimum atomic E-state index is -0.997. The average Bonchev–Trinajstić information content (AvgIpc) is 1.82. The number of carbonyl (C=O) groups is 2. The number of aliphatic carboxylic acids is 1. The van der Waals surface area contributed by atoms with Crippen LogP contribution in [0.4, 0.5) is 0 Å². The molecule has 0 spiro atoms. The molecule has 3 N–H and O–H groups in total. The Morgan fingerprint density at radius 1 is 1.58 bits per heavy atom. The van der Waals surface area contributed by atoms with E-state index < -0.39 is 12.0 Å². The van der Waals surface area contributed by atoms with E-state index in [-0.39, 0.29) is 11.8 Å². The Hall–Kier alpha value is -1.10. The minimum Gasteiger partial charge on any atom is -0.480 e. The van der Waals surface area contributed by atoms with Gasteiger partial charge in [0.25, 0.3) is 0 Å². The van der Waals surface area contributed by atoms with Crippen molar-refractivity contribution in [2.24, 2.45) is 11.7 Å². The van der Waals surface area contributed by atoms with Gasteiger partial charge in [-0.25, -0.2) is 0 Å². The lowest BCUT2D eigenvalue weighted by Gasteiger charge is -2.40. The number of amides is 1. The SMILES string of the molecule is CC(=O)N1CC([C@@H](N)C(=O)O)C1. The van der Waals surface area contributed by atoms with Crippen LogP contribution in [-0.4, -0.2) is 41.0 Å². The van der Waals surface area contributed by atoms with Crippen molar-refractivity contribution in [3.05, 3.63) is 0 Å². The molecule has 1 aliphatic rings. The molecule has 0 aromatic carbocycles. The van der Waals surface area contributed by atoms with E-state index in [2.05, 4.69) is 0 Å². The molecule has 0 bridgehead atoms. The molecular weight excluding hydrogens is 160 g/mol. The van der Waals surface area contributed by atoms with E-state index in [1.54, 1.807) is 4.90 Å². The third-order valence-electron chi connectivity index (χ3n) is 2.15. The minimum absolute atomic E-state index is 0.0242. The van der Waals surface area contributed by atoms with Crippen molar-refractivity contribution in [2.45, 2.75) is 13.0 Å². The lowest BCUT2D eigenvalue weighted by molar-refractivity contribution is -0.146. The summed E-state index contributed by atoms with van der Waals surface area (Å²) in [4.78, 5) is 22.7. The Morgan fingerprint density at radius 3 is 2.42 bits per heavy atom. The lowest BCUT2D eigenvalue weighted by atomic mass is 9.92. The van der Waals surface area contributed by atoms with E-state index in [4.69, 9.17) is 10.8 Å². The highest BCUT2D eigenvalue weighted by Crippen LogP contribution is 2.17. The number of nitrogens with zero attached hydrogens (tertiary/aromatic N) is 1. The number of carbonyl (C=O) groups excluding carboxylic acids is 1. The fraction of sp³-hybridized carbons (Fsp3) is 0.714. The van der Waals surface area contributed by atoms with Gasteiger partial charge in [-0.3, -0.25) is 9.59 Å². The van der Waals surface area contributed by atoms with Gasteiger partial charge in [-0.15, -0.1) is 0 Å². The molecule has 0 unspecified atom stereocenters. The fourth-order valence-electron chi connectivity index (χ4n) is 1.20. The Morgan fingerprint density at radius 2 is 2.08 bits per heavy atom. The number of likely N-dealkylation sites (tertiary alicyclic amines) is 1. The maximum Gasteiger partial charge on any atom is 0.320 e. The summed E-state index contributed by atoms with van der Waals surface area (Å²) in [5, 5.41) is 8.51. The number of rotatable bonds is 2. The summed E-state index contributed by atoms with van der Waals surface area (Å²) in [5.74, 6) is -1.10. The van der Waals surface area contributed by atoms with Gasteiger partial charge >= 0.3 is 5.97 Å².